The first kappa shape index (κ1) is 18.5. The van der Waals surface area contributed by atoms with Crippen molar-refractivity contribution in [3.63, 3.8) is 0 Å². The molecule has 2 aromatic rings. The molecule has 0 unspecified atom stereocenters. The fourth-order valence-electron chi connectivity index (χ4n) is 1.58. The summed E-state index contributed by atoms with van der Waals surface area (Å²) in [4.78, 5) is 23.0. The van der Waals surface area contributed by atoms with Crippen molar-refractivity contribution >= 4 is 57.5 Å². The first-order chi connectivity index (χ1) is 11.6. The van der Waals surface area contributed by atoms with E-state index in [4.69, 9.17) is 11.6 Å². The van der Waals surface area contributed by atoms with Crippen LogP contribution in [0, 0.1) is 0 Å². The molecule has 10 heteroatoms. The number of amides is 3. The number of hydrogen-bond donors (Lipinski definition) is 3. The molecular weight excluding hydrogens is 370 g/mol. The van der Waals surface area contributed by atoms with Crippen LogP contribution in [-0.2, 0) is 4.79 Å². The zero-order valence-electron chi connectivity index (χ0n) is 12.8. The van der Waals surface area contributed by atoms with Crippen molar-refractivity contribution in [1.82, 2.24) is 20.8 Å². The van der Waals surface area contributed by atoms with Crippen molar-refractivity contribution in [2.75, 3.05) is 17.6 Å². The zero-order valence-corrected chi connectivity index (χ0v) is 15.2. The number of halogens is 1. The van der Waals surface area contributed by atoms with Crippen LogP contribution in [0.1, 0.15) is 13.3 Å². The molecule has 3 N–H and O–H groups in total. The van der Waals surface area contributed by atoms with Crippen LogP contribution in [0.25, 0.3) is 0 Å². The lowest BCUT2D eigenvalue weighted by Gasteiger charge is -2.04. The Balaban J connectivity index is 1.79. The quantitative estimate of drug-likeness (QED) is 0.633. The lowest BCUT2D eigenvalue weighted by molar-refractivity contribution is -0.117. The third-order valence-corrected chi connectivity index (χ3v) is 4.80. The van der Waals surface area contributed by atoms with E-state index in [9.17, 15) is 9.59 Å². The zero-order chi connectivity index (χ0) is 17.4. The van der Waals surface area contributed by atoms with E-state index in [1.165, 1.54) is 23.1 Å². The summed E-state index contributed by atoms with van der Waals surface area (Å²) in [7, 11) is 0. The first-order valence-corrected chi connectivity index (χ1v) is 9.31. The number of urea groups is 1. The van der Waals surface area contributed by atoms with Gasteiger partial charge in [0.15, 0.2) is 4.34 Å². The van der Waals surface area contributed by atoms with Crippen LogP contribution in [0.2, 0.25) is 5.02 Å². The molecular formula is C14H16ClN5O2S2. The molecule has 0 spiro atoms. The van der Waals surface area contributed by atoms with Gasteiger partial charge in [0, 0.05) is 17.3 Å². The van der Waals surface area contributed by atoms with Gasteiger partial charge in [-0.05, 0) is 24.6 Å². The molecule has 1 heterocycles. The highest BCUT2D eigenvalue weighted by Gasteiger charge is 2.10. The van der Waals surface area contributed by atoms with Crippen LogP contribution >= 0.6 is 34.7 Å². The Morgan fingerprint density at radius 1 is 1.33 bits per heavy atom. The normalized spacial score (nSPS) is 10.2. The SMILES string of the molecule is CCCNC(=O)NC(=O)CSc1nnc(Nc2cccc(Cl)c2)s1. The molecule has 1 aromatic carbocycles. The summed E-state index contributed by atoms with van der Waals surface area (Å²) in [5.41, 5.74) is 0.806. The Labute approximate surface area is 152 Å². The van der Waals surface area contributed by atoms with Crippen molar-refractivity contribution in [1.29, 1.82) is 0 Å². The topological polar surface area (TPSA) is 96.0 Å². The number of aromatic nitrogens is 2. The maximum absolute atomic E-state index is 11.7. The fourth-order valence-corrected chi connectivity index (χ4v) is 3.34. The highest BCUT2D eigenvalue weighted by Crippen LogP contribution is 2.28. The minimum atomic E-state index is -0.483. The smallest absolute Gasteiger partial charge is 0.321 e. The van der Waals surface area contributed by atoms with E-state index in [0.29, 0.717) is 21.0 Å². The van der Waals surface area contributed by atoms with Gasteiger partial charge in [-0.3, -0.25) is 10.1 Å². The molecule has 0 radical (unpaired) electrons. The van der Waals surface area contributed by atoms with Crippen LogP contribution in [0.15, 0.2) is 28.6 Å². The summed E-state index contributed by atoms with van der Waals surface area (Å²) in [6.07, 6.45) is 0.809. The van der Waals surface area contributed by atoms with E-state index < -0.39 is 6.03 Å². The van der Waals surface area contributed by atoms with Gasteiger partial charge in [-0.15, -0.1) is 10.2 Å². The van der Waals surface area contributed by atoms with E-state index in [1.807, 2.05) is 19.1 Å². The predicted molar refractivity (Wildman–Crippen MR) is 97.2 cm³/mol. The second-order valence-corrected chi connectivity index (χ2v) is 7.24. The average Bonchev–Trinajstić information content (AvgIpc) is 2.98. The third-order valence-electron chi connectivity index (χ3n) is 2.60. The molecule has 3 amide bonds. The number of nitrogens with one attached hydrogen (secondary N) is 3. The molecule has 7 nitrogen and oxygen atoms in total. The van der Waals surface area contributed by atoms with E-state index in [-0.39, 0.29) is 11.7 Å². The van der Waals surface area contributed by atoms with Gasteiger partial charge in [-0.1, -0.05) is 47.7 Å². The molecule has 0 aliphatic carbocycles. The van der Waals surface area contributed by atoms with Crippen LogP contribution in [0.4, 0.5) is 15.6 Å². The summed E-state index contributed by atoms with van der Waals surface area (Å²) in [5.74, 6) is -0.293. The van der Waals surface area contributed by atoms with Gasteiger partial charge in [-0.2, -0.15) is 0 Å². The summed E-state index contributed by atoms with van der Waals surface area (Å²) < 4.78 is 0.628. The standard InChI is InChI=1S/C14H16ClN5O2S2/c1-2-6-16-12(22)18-11(21)8-23-14-20-19-13(24-14)17-10-5-3-4-9(15)7-10/h3-5,7H,2,6,8H2,1H3,(H,17,19)(H2,16,18,21,22). The number of hydrogen-bond acceptors (Lipinski definition) is 7. The lowest BCUT2D eigenvalue weighted by Crippen LogP contribution is -2.40. The third kappa shape index (κ3) is 6.34. The van der Waals surface area contributed by atoms with E-state index in [1.54, 1.807) is 12.1 Å². The van der Waals surface area contributed by atoms with Crippen LogP contribution in [0.5, 0.6) is 0 Å². The maximum atomic E-state index is 11.7. The Kier molecular flexibility index (Phi) is 7.29. The number of rotatable bonds is 7. The summed E-state index contributed by atoms with van der Waals surface area (Å²) in [6.45, 7) is 2.46. The fraction of sp³-hybridized carbons (Fsp3) is 0.286. The number of anilines is 2. The number of nitrogens with zero attached hydrogens (tertiary/aromatic N) is 2. The lowest BCUT2D eigenvalue weighted by atomic mass is 10.3. The number of benzene rings is 1. The van der Waals surface area contributed by atoms with E-state index in [2.05, 4.69) is 26.1 Å². The molecule has 128 valence electrons. The van der Waals surface area contributed by atoms with Crippen molar-refractivity contribution < 1.29 is 9.59 Å². The first-order valence-electron chi connectivity index (χ1n) is 7.13. The number of thioether (sulfide) groups is 1. The number of imide groups is 1. The molecule has 0 fully saturated rings. The van der Waals surface area contributed by atoms with Gasteiger partial charge in [0.1, 0.15) is 0 Å². The van der Waals surface area contributed by atoms with Gasteiger partial charge in [0.25, 0.3) is 0 Å². The molecule has 2 rings (SSSR count). The molecule has 0 atom stereocenters. The van der Waals surface area contributed by atoms with Gasteiger partial charge < -0.3 is 10.6 Å². The molecule has 24 heavy (non-hydrogen) atoms. The second kappa shape index (κ2) is 9.45. The van der Waals surface area contributed by atoms with Crippen LogP contribution in [-0.4, -0.2) is 34.4 Å². The Morgan fingerprint density at radius 3 is 2.92 bits per heavy atom. The monoisotopic (exact) mass is 385 g/mol. The average molecular weight is 386 g/mol. The molecule has 0 bridgehead atoms. The minimum Gasteiger partial charge on any atom is -0.338 e. The van der Waals surface area contributed by atoms with Gasteiger partial charge in [0.2, 0.25) is 11.0 Å². The summed E-state index contributed by atoms with van der Waals surface area (Å²) in [6, 6.07) is 6.77. The van der Waals surface area contributed by atoms with Crippen molar-refractivity contribution in [3.05, 3.63) is 29.3 Å². The van der Waals surface area contributed by atoms with Crippen molar-refractivity contribution in [3.8, 4) is 0 Å². The maximum Gasteiger partial charge on any atom is 0.321 e. The van der Waals surface area contributed by atoms with Crippen LogP contribution in [0.3, 0.4) is 0 Å². The Hall–Kier alpha value is -1.84. The van der Waals surface area contributed by atoms with Crippen molar-refractivity contribution in [2.45, 2.75) is 17.7 Å². The van der Waals surface area contributed by atoms with Gasteiger partial charge in [0.05, 0.1) is 5.75 Å². The highest BCUT2D eigenvalue weighted by molar-refractivity contribution is 8.01. The largest absolute Gasteiger partial charge is 0.338 e. The van der Waals surface area contributed by atoms with Crippen LogP contribution < -0.4 is 16.0 Å². The second-order valence-electron chi connectivity index (χ2n) is 4.60. The van der Waals surface area contributed by atoms with Gasteiger partial charge in [-0.25, -0.2) is 4.79 Å². The minimum absolute atomic E-state index is 0.0886. The molecule has 0 saturated carbocycles. The molecule has 0 saturated heterocycles. The van der Waals surface area contributed by atoms with Gasteiger partial charge >= 0.3 is 6.03 Å². The summed E-state index contributed by atoms with van der Waals surface area (Å²) in [5, 5.41) is 17.1. The molecule has 0 aliphatic rings. The molecule has 0 aliphatic heterocycles. The summed E-state index contributed by atoms with van der Waals surface area (Å²) >= 11 is 8.45. The number of carbonyl (C=O) groups is 2. The highest BCUT2D eigenvalue weighted by atomic mass is 35.5. The molecule has 1 aromatic heterocycles. The van der Waals surface area contributed by atoms with E-state index >= 15 is 0 Å². The van der Waals surface area contributed by atoms with Crippen molar-refractivity contribution in [2.24, 2.45) is 0 Å². The number of carbonyl (C=O) groups excluding carboxylic acids is 2. The predicted octanol–water partition coefficient (Wildman–Crippen LogP) is 3.26. The Morgan fingerprint density at radius 2 is 2.17 bits per heavy atom. The Bertz CT molecular complexity index is 710. The van der Waals surface area contributed by atoms with E-state index in [0.717, 1.165) is 12.1 Å².